The second kappa shape index (κ2) is 2.58. The van der Waals surface area contributed by atoms with E-state index in [0.29, 0.717) is 5.52 Å². The average Bonchev–Trinajstić information content (AvgIpc) is 2.02. The average molecular weight is 176 g/mol. The van der Waals surface area contributed by atoms with Crippen molar-refractivity contribution in [1.82, 2.24) is 9.97 Å². The number of aromatic amines is 1. The number of phenolic OH excluding ortho intramolecular Hbond substituents is 1. The lowest BCUT2D eigenvalue weighted by Gasteiger charge is -1.99. The summed E-state index contributed by atoms with van der Waals surface area (Å²) in [5.41, 5.74) is 0.881. The maximum atomic E-state index is 11.0. The van der Waals surface area contributed by atoms with Gasteiger partial charge < -0.3 is 10.1 Å². The van der Waals surface area contributed by atoms with E-state index in [0.717, 1.165) is 11.1 Å². The Hall–Kier alpha value is -1.84. The first kappa shape index (κ1) is 7.79. The minimum Gasteiger partial charge on any atom is -0.508 e. The van der Waals surface area contributed by atoms with E-state index in [9.17, 15) is 4.79 Å². The predicted molar refractivity (Wildman–Crippen MR) is 48.8 cm³/mol. The van der Waals surface area contributed by atoms with Gasteiger partial charge in [0, 0.05) is 17.1 Å². The second-order valence-electron chi connectivity index (χ2n) is 2.87. The van der Waals surface area contributed by atoms with Gasteiger partial charge in [-0.15, -0.1) is 0 Å². The molecule has 13 heavy (non-hydrogen) atoms. The second-order valence-corrected chi connectivity index (χ2v) is 2.87. The summed E-state index contributed by atoms with van der Waals surface area (Å²) in [4.78, 5) is 17.3. The van der Waals surface area contributed by atoms with Crippen molar-refractivity contribution in [1.29, 1.82) is 0 Å². The number of nitrogens with one attached hydrogen (secondary N) is 1. The van der Waals surface area contributed by atoms with Crippen LogP contribution in [0.1, 0.15) is 5.69 Å². The van der Waals surface area contributed by atoms with Crippen LogP contribution >= 0.6 is 0 Å². The van der Waals surface area contributed by atoms with Crippen molar-refractivity contribution in [3.8, 4) is 5.75 Å². The smallest absolute Gasteiger partial charge is 0.345 e. The number of fused-ring (bicyclic) bond motifs is 1. The van der Waals surface area contributed by atoms with E-state index in [1.807, 2.05) is 0 Å². The number of aryl methyl sites for hydroxylation is 1. The number of rotatable bonds is 0. The third-order valence-electron chi connectivity index (χ3n) is 1.90. The fraction of sp³-hybridized carbons (Fsp3) is 0.111. The van der Waals surface area contributed by atoms with E-state index in [1.165, 1.54) is 6.07 Å². The van der Waals surface area contributed by atoms with Gasteiger partial charge in [0.25, 0.3) is 0 Å². The molecule has 0 fully saturated rings. The van der Waals surface area contributed by atoms with Gasteiger partial charge >= 0.3 is 5.69 Å². The summed E-state index contributed by atoms with van der Waals surface area (Å²) in [6.45, 7) is 1.79. The van der Waals surface area contributed by atoms with Crippen molar-refractivity contribution >= 4 is 10.9 Å². The number of hydrogen-bond acceptors (Lipinski definition) is 3. The zero-order valence-electron chi connectivity index (χ0n) is 7.03. The fourth-order valence-corrected chi connectivity index (χ4v) is 1.29. The molecule has 0 atom stereocenters. The van der Waals surface area contributed by atoms with E-state index < -0.39 is 5.69 Å². The van der Waals surface area contributed by atoms with E-state index in [1.54, 1.807) is 19.1 Å². The summed E-state index contributed by atoms with van der Waals surface area (Å²) in [5, 5.41) is 10.0. The monoisotopic (exact) mass is 176 g/mol. The van der Waals surface area contributed by atoms with Crippen LogP contribution in [0, 0.1) is 6.92 Å². The quantitative estimate of drug-likeness (QED) is 0.627. The molecule has 0 saturated carbocycles. The predicted octanol–water partition coefficient (Wildman–Crippen LogP) is 0.937. The van der Waals surface area contributed by atoms with Crippen molar-refractivity contribution in [3.05, 3.63) is 34.4 Å². The zero-order valence-corrected chi connectivity index (χ0v) is 7.03. The Kier molecular flexibility index (Phi) is 1.55. The topological polar surface area (TPSA) is 66.0 Å². The van der Waals surface area contributed by atoms with E-state index in [2.05, 4.69) is 9.97 Å². The number of phenols is 1. The third-order valence-corrected chi connectivity index (χ3v) is 1.90. The van der Waals surface area contributed by atoms with Gasteiger partial charge in [0.1, 0.15) is 5.75 Å². The zero-order chi connectivity index (χ0) is 9.42. The molecule has 0 radical (unpaired) electrons. The van der Waals surface area contributed by atoms with Gasteiger partial charge in [-0.05, 0) is 19.1 Å². The number of hydrogen-bond donors (Lipinski definition) is 2. The fourth-order valence-electron chi connectivity index (χ4n) is 1.29. The Morgan fingerprint density at radius 3 is 3.00 bits per heavy atom. The SMILES string of the molecule is Cc1[nH]c(=O)nc2cc(O)ccc12. The maximum absolute atomic E-state index is 11.0. The molecule has 1 aromatic carbocycles. The van der Waals surface area contributed by atoms with Gasteiger partial charge in [0.05, 0.1) is 5.52 Å². The Labute approximate surface area is 73.9 Å². The largest absolute Gasteiger partial charge is 0.508 e. The van der Waals surface area contributed by atoms with Crippen LogP contribution < -0.4 is 5.69 Å². The van der Waals surface area contributed by atoms with E-state index >= 15 is 0 Å². The summed E-state index contributed by atoms with van der Waals surface area (Å²) >= 11 is 0. The minimum atomic E-state index is -0.393. The highest BCUT2D eigenvalue weighted by atomic mass is 16.3. The molecule has 0 amide bonds. The van der Waals surface area contributed by atoms with Gasteiger partial charge in [0.2, 0.25) is 0 Å². The Morgan fingerprint density at radius 2 is 2.23 bits per heavy atom. The molecular formula is C9H8N2O2. The lowest BCUT2D eigenvalue weighted by atomic mass is 10.2. The van der Waals surface area contributed by atoms with Gasteiger partial charge in [0.15, 0.2) is 0 Å². The van der Waals surface area contributed by atoms with Crippen LogP contribution in [0.2, 0.25) is 0 Å². The molecule has 2 rings (SSSR count). The number of benzene rings is 1. The summed E-state index contributed by atoms with van der Waals surface area (Å²) in [6.07, 6.45) is 0. The number of aromatic hydroxyl groups is 1. The summed E-state index contributed by atoms with van der Waals surface area (Å²) in [7, 11) is 0. The van der Waals surface area contributed by atoms with Crippen molar-refractivity contribution < 1.29 is 5.11 Å². The highest BCUT2D eigenvalue weighted by Gasteiger charge is 2.00. The summed E-state index contributed by atoms with van der Waals surface area (Å²) in [6, 6.07) is 4.76. The summed E-state index contributed by atoms with van der Waals surface area (Å²) < 4.78 is 0. The third kappa shape index (κ3) is 1.26. The van der Waals surface area contributed by atoms with Crippen molar-refractivity contribution in [2.45, 2.75) is 6.92 Å². The van der Waals surface area contributed by atoms with Crippen molar-refractivity contribution in [2.75, 3.05) is 0 Å². The molecule has 4 heteroatoms. The number of H-pyrrole nitrogens is 1. The van der Waals surface area contributed by atoms with Crippen molar-refractivity contribution in [2.24, 2.45) is 0 Å². The van der Waals surface area contributed by atoms with Gasteiger partial charge in [-0.2, -0.15) is 4.98 Å². The van der Waals surface area contributed by atoms with E-state index in [-0.39, 0.29) is 5.75 Å². The molecule has 1 heterocycles. The molecule has 0 saturated heterocycles. The van der Waals surface area contributed by atoms with Crippen LogP contribution in [0.4, 0.5) is 0 Å². The molecule has 0 unspecified atom stereocenters. The standard InChI is InChI=1S/C9H8N2O2/c1-5-7-3-2-6(12)4-8(7)11-9(13)10-5/h2-4,12H,1H3,(H,10,11,13). The van der Waals surface area contributed by atoms with Crippen LogP contribution in [0.15, 0.2) is 23.0 Å². The molecule has 66 valence electrons. The van der Waals surface area contributed by atoms with Crippen LogP contribution in [-0.4, -0.2) is 15.1 Å². The Bertz CT molecular complexity index is 516. The first-order chi connectivity index (χ1) is 6.16. The molecule has 0 aliphatic rings. The Balaban J connectivity index is 2.94. The molecule has 0 aliphatic heterocycles. The highest BCUT2D eigenvalue weighted by molar-refractivity contribution is 5.81. The molecule has 2 N–H and O–H groups in total. The molecule has 2 aromatic rings. The van der Waals surface area contributed by atoms with Crippen molar-refractivity contribution in [3.63, 3.8) is 0 Å². The van der Waals surface area contributed by atoms with Crippen LogP contribution in [0.25, 0.3) is 10.9 Å². The number of nitrogens with zero attached hydrogens (tertiary/aromatic N) is 1. The van der Waals surface area contributed by atoms with Gasteiger partial charge in [-0.25, -0.2) is 4.79 Å². The Morgan fingerprint density at radius 1 is 1.46 bits per heavy atom. The minimum absolute atomic E-state index is 0.116. The molecule has 0 spiro atoms. The lowest BCUT2D eigenvalue weighted by Crippen LogP contribution is -2.11. The normalized spacial score (nSPS) is 10.5. The summed E-state index contributed by atoms with van der Waals surface area (Å²) in [5.74, 6) is 0.116. The molecular weight excluding hydrogens is 168 g/mol. The lowest BCUT2D eigenvalue weighted by molar-refractivity contribution is 0.476. The molecule has 0 bridgehead atoms. The van der Waals surface area contributed by atoms with E-state index in [4.69, 9.17) is 5.11 Å². The maximum Gasteiger partial charge on any atom is 0.345 e. The van der Waals surface area contributed by atoms with Crippen LogP contribution in [0.5, 0.6) is 5.75 Å². The molecule has 4 nitrogen and oxygen atoms in total. The van der Waals surface area contributed by atoms with Crippen LogP contribution in [-0.2, 0) is 0 Å². The van der Waals surface area contributed by atoms with Gasteiger partial charge in [-0.3, -0.25) is 0 Å². The molecule has 0 aliphatic carbocycles. The molecule has 1 aromatic heterocycles. The highest BCUT2D eigenvalue weighted by Crippen LogP contribution is 2.17. The van der Waals surface area contributed by atoms with Crippen LogP contribution in [0.3, 0.4) is 0 Å². The number of aromatic nitrogens is 2. The first-order valence-corrected chi connectivity index (χ1v) is 3.86. The first-order valence-electron chi connectivity index (χ1n) is 3.86. The van der Waals surface area contributed by atoms with Gasteiger partial charge in [-0.1, -0.05) is 0 Å².